The first-order valence-electron chi connectivity index (χ1n) is 30.8. The van der Waals surface area contributed by atoms with E-state index in [1.807, 2.05) is 0 Å². The van der Waals surface area contributed by atoms with Gasteiger partial charge in [-0.15, -0.1) is 0 Å². The number of phosphoric ester groups is 2. The van der Waals surface area contributed by atoms with E-state index in [1.54, 1.807) is 0 Å². The molecule has 0 aliphatic carbocycles. The number of hydrogen-bond donors (Lipinski definition) is 3. The van der Waals surface area contributed by atoms with Crippen LogP contribution in [0.3, 0.4) is 0 Å². The van der Waals surface area contributed by atoms with Crippen LogP contribution in [-0.4, -0.2) is 96.7 Å². The number of aliphatic hydroxyl groups is 1. The molecule has 0 bridgehead atoms. The Bertz CT molecular complexity index is 1560. The lowest BCUT2D eigenvalue weighted by atomic mass is 10.0. The Balaban J connectivity index is 5.22. The summed E-state index contributed by atoms with van der Waals surface area (Å²) in [5.41, 5.74) is 0. The second-order valence-corrected chi connectivity index (χ2v) is 25.7. The van der Waals surface area contributed by atoms with Crippen molar-refractivity contribution in [2.45, 2.75) is 298 Å². The fraction of sp³-hybridized carbons (Fsp3) is 0.932. The van der Waals surface area contributed by atoms with Crippen LogP contribution in [-0.2, 0) is 65.4 Å². The summed E-state index contributed by atoms with van der Waals surface area (Å²) in [4.78, 5) is 71.8. The molecule has 0 amide bonds. The molecule has 0 heterocycles. The normalized spacial score (nSPS) is 14.5. The number of rotatable bonds is 57. The molecule has 0 fully saturated rings. The summed E-state index contributed by atoms with van der Waals surface area (Å²) < 4.78 is 67.6. The SMILES string of the molecule is CCCCCCCCCC(=O)OC[C@H](COP(=O)(O)OC[C@H](O)COP(=O)(O)OC[C@@H](COC(=O)CCCCCCCCCC(C)C)OC(=O)CCCCCCCCCCCC(C)C)OC(=O)CCCCCCCCC(C)C. The molecule has 0 aromatic rings. The van der Waals surface area contributed by atoms with E-state index in [-0.39, 0.29) is 25.7 Å². The molecule has 0 rings (SSSR count). The summed E-state index contributed by atoms with van der Waals surface area (Å²) in [7, 11) is -9.87. The highest BCUT2D eigenvalue weighted by molar-refractivity contribution is 7.47. The van der Waals surface area contributed by atoms with Crippen LogP contribution in [0.15, 0.2) is 0 Å². The van der Waals surface area contributed by atoms with Crippen molar-refractivity contribution in [3.63, 3.8) is 0 Å². The summed E-state index contributed by atoms with van der Waals surface area (Å²) in [6, 6.07) is 0. The van der Waals surface area contributed by atoms with Gasteiger partial charge in [-0.25, -0.2) is 9.13 Å². The van der Waals surface area contributed by atoms with Crippen LogP contribution < -0.4 is 0 Å². The fourth-order valence-electron chi connectivity index (χ4n) is 8.60. The van der Waals surface area contributed by atoms with Gasteiger partial charge in [-0.1, -0.05) is 228 Å². The van der Waals surface area contributed by atoms with Gasteiger partial charge >= 0.3 is 39.5 Å². The van der Waals surface area contributed by atoms with Crippen molar-refractivity contribution < 1.29 is 80.2 Å². The number of unbranched alkanes of at least 4 members (excludes halogenated alkanes) is 25. The molecule has 5 atom stereocenters. The maximum atomic E-state index is 12.9. The summed E-state index contributed by atoms with van der Waals surface area (Å²) in [6.45, 7) is 11.5. The van der Waals surface area contributed by atoms with E-state index in [2.05, 4.69) is 48.5 Å². The number of carbonyl (C=O) groups is 4. The lowest BCUT2D eigenvalue weighted by molar-refractivity contribution is -0.161. The fourth-order valence-corrected chi connectivity index (χ4v) is 10.2. The van der Waals surface area contributed by atoms with Gasteiger partial charge < -0.3 is 33.8 Å². The summed E-state index contributed by atoms with van der Waals surface area (Å²) in [5, 5.41) is 10.5. The number of phosphoric acid groups is 2. The average Bonchev–Trinajstić information content (AvgIpc) is 3.38. The highest BCUT2D eigenvalue weighted by Crippen LogP contribution is 2.45. The van der Waals surface area contributed by atoms with Gasteiger partial charge in [-0.2, -0.15) is 0 Å². The predicted molar refractivity (Wildman–Crippen MR) is 308 cm³/mol. The highest BCUT2D eigenvalue weighted by Gasteiger charge is 2.30. The molecule has 0 aliphatic heterocycles. The molecular weight excluding hydrogens is 1040 g/mol. The Hall–Kier alpha value is -1.94. The van der Waals surface area contributed by atoms with E-state index in [4.69, 9.17) is 37.0 Å². The Kier molecular flexibility index (Phi) is 49.5. The van der Waals surface area contributed by atoms with Crippen LogP contribution >= 0.6 is 15.6 Å². The number of carbonyl (C=O) groups excluding carboxylic acids is 4. The van der Waals surface area contributed by atoms with E-state index in [1.165, 1.54) is 70.6 Å². The van der Waals surface area contributed by atoms with Crippen molar-refractivity contribution in [2.75, 3.05) is 39.6 Å². The van der Waals surface area contributed by atoms with E-state index in [0.29, 0.717) is 37.5 Å². The second kappa shape index (κ2) is 50.8. The molecule has 78 heavy (non-hydrogen) atoms. The van der Waals surface area contributed by atoms with Gasteiger partial charge in [-0.3, -0.25) is 37.3 Å². The van der Waals surface area contributed by atoms with Crippen molar-refractivity contribution in [3.8, 4) is 0 Å². The molecule has 0 saturated carbocycles. The summed E-state index contributed by atoms with van der Waals surface area (Å²) >= 11 is 0. The van der Waals surface area contributed by atoms with E-state index in [9.17, 15) is 43.2 Å². The van der Waals surface area contributed by atoms with Gasteiger partial charge in [0.25, 0.3) is 0 Å². The maximum absolute atomic E-state index is 12.9. The lowest BCUT2D eigenvalue weighted by Gasteiger charge is -2.21. The zero-order valence-corrected chi connectivity index (χ0v) is 51.9. The predicted octanol–water partition coefficient (Wildman–Crippen LogP) is 15.6. The average molecular weight is 1160 g/mol. The molecule has 462 valence electrons. The molecule has 0 radical (unpaired) electrons. The Morgan fingerprint density at radius 1 is 0.346 bits per heavy atom. The molecule has 0 saturated heterocycles. The van der Waals surface area contributed by atoms with Gasteiger partial charge in [0.1, 0.15) is 19.3 Å². The third kappa shape index (κ3) is 53.4. The van der Waals surface area contributed by atoms with Crippen LogP contribution in [0.5, 0.6) is 0 Å². The Morgan fingerprint density at radius 2 is 0.590 bits per heavy atom. The summed E-state index contributed by atoms with van der Waals surface area (Å²) in [6.07, 6.45) is 29.7. The smallest absolute Gasteiger partial charge is 0.462 e. The van der Waals surface area contributed by atoms with Gasteiger partial charge in [0.05, 0.1) is 26.4 Å². The zero-order valence-electron chi connectivity index (χ0n) is 50.1. The van der Waals surface area contributed by atoms with Crippen molar-refractivity contribution in [1.29, 1.82) is 0 Å². The minimum absolute atomic E-state index is 0.101. The standard InChI is InChI=1S/C59H114O17P2/c1-8-9-10-11-16-26-33-40-56(61)69-46-55(76-59(64)43-36-29-22-21-25-32-39-52(6)7)49-74-78(67,68)72-45-53(60)44-71-77(65,66)73-48-54(47-70-57(62)41-34-27-20-15-18-24-31-38-51(4)5)75-58(63)42-35-28-19-14-12-13-17-23-30-37-50(2)3/h50-55,60H,8-49H2,1-7H3,(H,65,66)(H,67,68)/t53-,54-,55-/m1/s1. The molecule has 17 nitrogen and oxygen atoms in total. The van der Waals surface area contributed by atoms with Gasteiger partial charge in [-0.05, 0) is 43.4 Å². The third-order valence-electron chi connectivity index (χ3n) is 13.4. The topological polar surface area (TPSA) is 237 Å². The van der Waals surface area contributed by atoms with Crippen LogP contribution in [0, 0.1) is 17.8 Å². The van der Waals surface area contributed by atoms with Gasteiger partial charge in [0, 0.05) is 25.7 Å². The van der Waals surface area contributed by atoms with E-state index in [0.717, 1.165) is 115 Å². The summed E-state index contributed by atoms with van der Waals surface area (Å²) in [5.74, 6) is -0.0411. The van der Waals surface area contributed by atoms with Crippen LogP contribution in [0.4, 0.5) is 0 Å². The van der Waals surface area contributed by atoms with Crippen LogP contribution in [0.2, 0.25) is 0 Å². The minimum Gasteiger partial charge on any atom is -0.462 e. The van der Waals surface area contributed by atoms with Gasteiger partial charge in [0.15, 0.2) is 12.2 Å². The molecule has 0 aliphatic rings. The zero-order chi connectivity index (χ0) is 58.1. The second-order valence-electron chi connectivity index (χ2n) is 22.8. The number of ether oxygens (including phenoxy) is 4. The molecule has 0 spiro atoms. The van der Waals surface area contributed by atoms with Gasteiger partial charge in [0.2, 0.25) is 0 Å². The molecule has 3 N–H and O–H groups in total. The van der Waals surface area contributed by atoms with Crippen molar-refractivity contribution >= 4 is 39.5 Å². The maximum Gasteiger partial charge on any atom is 0.472 e. The van der Waals surface area contributed by atoms with Crippen LogP contribution in [0.25, 0.3) is 0 Å². The van der Waals surface area contributed by atoms with Crippen molar-refractivity contribution in [3.05, 3.63) is 0 Å². The largest absolute Gasteiger partial charge is 0.472 e. The molecule has 2 unspecified atom stereocenters. The van der Waals surface area contributed by atoms with Crippen molar-refractivity contribution in [2.24, 2.45) is 17.8 Å². The van der Waals surface area contributed by atoms with E-state index >= 15 is 0 Å². The molecule has 0 aromatic carbocycles. The third-order valence-corrected chi connectivity index (χ3v) is 15.3. The first kappa shape index (κ1) is 76.1. The number of aliphatic hydroxyl groups excluding tert-OH is 1. The monoisotopic (exact) mass is 1160 g/mol. The first-order chi connectivity index (χ1) is 37.2. The van der Waals surface area contributed by atoms with Crippen LogP contribution in [0.1, 0.15) is 280 Å². The number of hydrogen-bond acceptors (Lipinski definition) is 15. The highest BCUT2D eigenvalue weighted by atomic mass is 31.2. The Morgan fingerprint density at radius 3 is 0.872 bits per heavy atom. The number of esters is 4. The molecular formula is C59H114O17P2. The first-order valence-corrected chi connectivity index (χ1v) is 33.8. The minimum atomic E-state index is -4.94. The van der Waals surface area contributed by atoms with E-state index < -0.39 is 97.5 Å². The molecule has 0 aromatic heterocycles. The van der Waals surface area contributed by atoms with Crippen molar-refractivity contribution in [1.82, 2.24) is 0 Å². The molecule has 19 heteroatoms. The Labute approximate surface area is 473 Å². The lowest BCUT2D eigenvalue weighted by Crippen LogP contribution is -2.30. The quantitative estimate of drug-likeness (QED) is 0.0222.